The fourth-order valence-corrected chi connectivity index (χ4v) is 2.77. The van der Waals surface area contributed by atoms with Crippen molar-refractivity contribution in [3.63, 3.8) is 0 Å². The minimum absolute atomic E-state index is 0.131. The molecule has 3 N–H and O–H groups in total. The van der Waals surface area contributed by atoms with Crippen LogP contribution in [0.15, 0.2) is 28.7 Å². The molecule has 1 aromatic carbocycles. The van der Waals surface area contributed by atoms with Crippen LogP contribution in [0.2, 0.25) is 0 Å². The van der Waals surface area contributed by atoms with E-state index < -0.39 is 0 Å². The number of hydrogen-bond donors (Lipinski definition) is 2. The highest BCUT2D eigenvalue weighted by Crippen LogP contribution is 2.26. The van der Waals surface area contributed by atoms with Crippen molar-refractivity contribution in [3.05, 3.63) is 30.0 Å². The summed E-state index contributed by atoms with van der Waals surface area (Å²) in [5, 5.41) is 3.92. The molecule has 1 heterocycles. The highest BCUT2D eigenvalue weighted by atomic mass is 16.3. The Kier molecular flexibility index (Phi) is 2.93. The van der Waals surface area contributed by atoms with E-state index in [4.69, 9.17) is 10.2 Å². The largest absolute Gasteiger partial charge is 0.451 e. The topological polar surface area (TPSA) is 68.3 Å². The van der Waals surface area contributed by atoms with E-state index in [0.717, 1.165) is 11.8 Å². The molecule has 4 nitrogen and oxygen atoms in total. The Balaban J connectivity index is 1.81. The third kappa shape index (κ3) is 2.30. The van der Waals surface area contributed by atoms with Crippen molar-refractivity contribution >= 4 is 22.6 Å². The number of rotatable bonds is 2. The number of nitrogens with two attached hydrogens (primary N) is 1. The second kappa shape index (κ2) is 4.61. The Hall–Kier alpha value is -1.97. The van der Waals surface area contributed by atoms with E-state index in [1.807, 2.05) is 6.07 Å². The lowest BCUT2D eigenvalue weighted by Gasteiger charge is -2.16. The normalized spacial score (nSPS) is 22.8. The molecular formula is C15H18N2O2. The van der Waals surface area contributed by atoms with Crippen molar-refractivity contribution in [2.75, 3.05) is 5.73 Å². The Morgan fingerprint density at radius 1 is 1.37 bits per heavy atom. The minimum atomic E-state index is -0.131. The van der Waals surface area contributed by atoms with Crippen LogP contribution in [0.1, 0.15) is 36.7 Å². The summed E-state index contributed by atoms with van der Waals surface area (Å²) in [6, 6.07) is 7.39. The molecule has 4 heteroatoms. The molecule has 100 valence electrons. The standard InChI is InChI=1S/C15H18N2O2/c1-9-3-2-4-12(9)17-15(18)14-8-10-7-11(16)5-6-13(10)19-14/h5-9,12H,2-4,16H2,1H3,(H,17,18). The lowest BCUT2D eigenvalue weighted by Crippen LogP contribution is -2.36. The number of fused-ring (bicyclic) bond motifs is 1. The Morgan fingerprint density at radius 2 is 2.21 bits per heavy atom. The molecule has 1 amide bonds. The van der Waals surface area contributed by atoms with Gasteiger partial charge in [-0.05, 0) is 43.0 Å². The maximum Gasteiger partial charge on any atom is 0.287 e. The summed E-state index contributed by atoms with van der Waals surface area (Å²) in [4.78, 5) is 12.2. The fraction of sp³-hybridized carbons (Fsp3) is 0.400. The van der Waals surface area contributed by atoms with E-state index >= 15 is 0 Å². The zero-order chi connectivity index (χ0) is 13.4. The van der Waals surface area contributed by atoms with Crippen LogP contribution >= 0.6 is 0 Å². The first-order chi connectivity index (χ1) is 9.13. The van der Waals surface area contributed by atoms with E-state index in [1.165, 1.54) is 12.8 Å². The van der Waals surface area contributed by atoms with Gasteiger partial charge in [-0.3, -0.25) is 4.79 Å². The van der Waals surface area contributed by atoms with Crippen LogP contribution in [-0.4, -0.2) is 11.9 Å². The van der Waals surface area contributed by atoms with Gasteiger partial charge in [0.25, 0.3) is 5.91 Å². The zero-order valence-corrected chi connectivity index (χ0v) is 11.0. The number of benzene rings is 1. The molecule has 0 spiro atoms. The van der Waals surface area contributed by atoms with Crippen molar-refractivity contribution in [2.24, 2.45) is 5.92 Å². The summed E-state index contributed by atoms with van der Waals surface area (Å²) >= 11 is 0. The van der Waals surface area contributed by atoms with E-state index in [1.54, 1.807) is 18.2 Å². The van der Waals surface area contributed by atoms with Gasteiger partial charge in [-0.2, -0.15) is 0 Å². The first-order valence-corrected chi connectivity index (χ1v) is 6.73. The molecule has 3 rings (SSSR count). The lowest BCUT2D eigenvalue weighted by molar-refractivity contribution is 0.0903. The predicted octanol–water partition coefficient (Wildman–Crippen LogP) is 2.93. The molecule has 19 heavy (non-hydrogen) atoms. The van der Waals surface area contributed by atoms with Crippen molar-refractivity contribution in [2.45, 2.75) is 32.2 Å². The van der Waals surface area contributed by atoms with Gasteiger partial charge in [0.15, 0.2) is 5.76 Å². The van der Waals surface area contributed by atoms with E-state index in [-0.39, 0.29) is 11.9 Å². The monoisotopic (exact) mass is 258 g/mol. The van der Waals surface area contributed by atoms with Gasteiger partial charge < -0.3 is 15.5 Å². The molecule has 0 aliphatic heterocycles. The quantitative estimate of drug-likeness (QED) is 0.814. The fourth-order valence-electron chi connectivity index (χ4n) is 2.77. The molecule has 2 aromatic rings. The number of hydrogen-bond acceptors (Lipinski definition) is 3. The molecule has 2 atom stereocenters. The second-order valence-corrected chi connectivity index (χ2v) is 5.40. The Bertz CT molecular complexity index is 618. The summed E-state index contributed by atoms with van der Waals surface area (Å²) < 4.78 is 5.56. The van der Waals surface area contributed by atoms with Crippen molar-refractivity contribution in [3.8, 4) is 0 Å². The highest BCUT2D eigenvalue weighted by Gasteiger charge is 2.26. The van der Waals surface area contributed by atoms with Gasteiger partial charge in [0.2, 0.25) is 0 Å². The predicted molar refractivity (Wildman–Crippen MR) is 74.9 cm³/mol. The zero-order valence-electron chi connectivity index (χ0n) is 11.0. The van der Waals surface area contributed by atoms with Gasteiger partial charge in [0.05, 0.1) is 0 Å². The first-order valence-electron chi connectivity index (χ1n) is 6.73. The van der Waals surface area contributed by atoms with Crippen LogP contribution < -0.4 is 11.1 Å². The average molecular weight is 258 g/mol. The number of furan rings is 1. The molecule has 2 unspecified atom stereocenters. The average Bonchev–Trinajstić information content (AvgIpc) is 2.96. The molecule has 0 radical (unpaired) electrons. The first kappa shape index (κ1) is 12.1. The molecule has 1 saturated carbocycles. The van der Waals surface area contributed by atoms with Crippen LogP contribution in [0.4, 0.5) is 5.69 Å². The van der Waals surface area contributed by atoms with Gasteiger partial charge in [0, 0.05) is 17.1 Å². The number of anilines is 1. The van der Waals surface area contributed by atoms with Crippen LogP contribution in [0, 0.1) is 5.92 Å². The van der Waals surface area contributed by atoms with Gasteiger partial charge in [-0.25, -0.2) is 0 Å². The van der Waals surface area contributed by atoms with Crippen molar-refractivity contribution in [1.82, 2.24) is 5.32 Å². The van der Waals surface area contributed by atoms with Crippen LogP contribution in [0.5, 0.6) is 0 Å². The molecule has 1 aliphatic rings. The lowest BCUT2D eigenvalue weighted by atomic mass is 10.1. The number of amides is 1. The smallest absolute Gasteiger partial charge is 0.287 e. The van der Waals surface area contributed by atoms with E-state index in [2.05, 4.69) is 12.2 Å². The van der Waals surface area contributed by atoms with Gasteiger partial charge in [-0.15, -0.1) is 0 Å². The van der Waals surface area contributed by atoms with Gasteiger partial charge >= 0.3 is 0 Å². The molecular weight excluding hydrogens is 240 g/mol. The van der Waals surface area contributed by atoms with Crippen molar-refractivity contribution < 1.29 is 9.21 Å². The van der Waals surface area contributed by atoms with Gasteiger partial charge in [-0.1, -0.05) is 13.3 Å². The highest BCUT2D eigenvalue weighted by molar-refractivity contribution is 5.96. The molecule has 0 bridgehead atoms. The Labute approximate surface area is 112 Å². The summed E-state index contributed by atoms with van der Waals surface area (Å²) in [6.45, 7) is 2.18. The number of carbonyl (C=O) groups is 1. The second-order valence-electron chi connectivity index (χ2n) is 5.40. The third-order valence-electron chi connectivity index (χ3n) is 3.94. The minimum Gasteiger partial charge on any atom is -0.451 e. The van der Waals surface area contributed by atoms with E-state index in [0.29, 0.717) is 22.9 Å². The molecule has 1 aliphatic carbocycles. The number of nitrogen functional groups attached to an aromatic ring is 1. The van der Waals surface area contributed by atoms with Gasteiger partial charge in [0.1, 0.15) is 5.58 Å². The van der Waals surface area contributed by atoms with E-state index in [9.17, 15) is 4.79 Å². The molecule has 0 saturated heterocycles. The third-order valence-corrected chi connectivity index (χ3v) is 3.94. The van der Waals surface area contributed by atoms with Crippen LogP contribution in [0.3, 0.4) is 0 Å². The SMILES string of the molecule is CC1CCCC1NC(=O)c1cc2cc(N)ccc2o1. The maximum atomic E-state index is 12.2. The Morgan fingerprint density at radius 3 is 2.95 bits per heavy atom. The summed E-state index contributed by atoms with van der Waals surface area (Å²) in [5.41, 5.74) is 7.08. The molecule has 1 aromatic heterocycles. The summed E-state index contributed by atoms with van der Waals surface area (Å²) in [7, 11) is 0. The van der Waals surface area contributed by atoms with Crippen LogP contribution in [-0.2, 0) is 0 Å². The summed E-state index contributed by atoms with van der Waals surface area (Å²) in [5.74, 6) is 0.775. The maximum absolute atomic E-state index is 12.2. The summed E-state index contributed by atoms with van der Waals surface area (Å²) in [6.07, 6.45) is 3.42. The number of carbonyl (C=O) groups excluding carboxylic acids is 1. The van der Waals surface area contributed by atoms with Crippen LogP contribution in [0.25, 0.3) is 11.0 Å². The number of nitrogens with one attached hydrogen (secondary N) is 1. The molecule has 1 fully saturated rings. The van der Waals surface area contributed by atoms with Crippen molar-refractivity contribution in [1.29, 1.82) is 0 Å².